The maximum Gasteiger partial charge on any atom is 0.226 e. The first-order valence-electron chi connectivity index (χ1n) is 14.5. The normalized spacial score (nSPS) is 15.7. The van der Waals surface area contributed by atoms with E-state index in [2.05, 4.69) is 15.3 Å². The lowest BCUT2D eigenvalue weighted by molar-refractivity contribution is 0.0341. The van der Waals surface area contributed by atoms with Gasteiger partial charge < -0.3 is 29.5 Å². The highest BCUT2D eigenvalue weighted by Gasteiger charge is 2.29. The van der Waals surface area contributed by atoms with Crippen molar-refractivity contribution in [1.29, 1.82) is 0 Å². The minimum atomic E-state index is -0.887. The number of hydrogen-bond donors (Lipinski definition) is 2. The average Bonchev–Trinajstić information content (AvgIpc) is 3.59. The van der Waals surface area contributed by atoms with Gasteiger partial charge in [-0.1, -0.05) is 6.07 Å². The fourth-order valence-electron chi connectivity index (χ4n) is 5.52. The zero-order chi connectivity index (χ0) is 31.2. The van der Waals surface area contributed by atoms with E-state index in [4.69, 9.17) is 29.3 Å². The monoisotopic (exact) mass is 604 g/mol. The largest absolute Gasteiger partial charge is 0.497 e. The molecule has 3 aromatic heterocycles. The van der Waals surface area contributed by atoms with Crippen molar-refractivity contribution in [2.75, 3.05) is 44.1 Å². The van der Waals surface area contributed by atoms with Crippen molar-refractivity contribution in [1.82, 2.24) is 29.4 Å². The van der Waals surface area contributed by atoms with E-state index < -0.39 is 17.5 Å². The van der Waals surface area contributed by atoms with Crippen LogP contribution in [0.4, 0.5) is 16.0 Å². The highest BCUT2D eigenvalue weighted by atomic mass is 19.1. The van der Waals surface area contributed by atoms with E-state index in [1.54, 1.807) is 36.2 Å². The molecule has 1 saturated heterocycles. The average molecular weight is 605 g/mol. The predicted molar refractivity (Wildman–Crippen MR) is 164 cm³/mol. The van der Waals surface area contributed by atoms with Gasteiger partial charge in [0.1, 0.15) is 11.9 Å². The number of halogens is 1. The van der Waals surface area contributed by atoms with Crippen LogP contribution in [0.15, 0.2) is 36.5 Å². The van der Waals surface area contributed by atoms with Crippen LogP contribution in [0.1, 0.15) is 42.6 Å². The summed E-state index contributed by atoms with van der Waals surface area (Å²) < 4.78 is 35.0. The second-order valence-corrected chi connectivity index (χ2v) is 11.7. The number of methoxy groups -OCH3 is 2. The number of ether oxygens (including phenoxy) is 3. The highest BCUT2D eigenvalue weighted by Crippen LogP contribution is 2.31. The summed E-state index contributed by atoms with van der Waals surface area (Å²) in [6.45, 7) is 9.95. The topological polar surface area (TPSA) is 124 Å². The Morgan fingerprint density at radius 3 is 2.66 bits per heavy atom. The van der Waals surface area contributed by atoms with Crippen LogP contribution in [0.3, 0.4) is 0 Å². The van der Waals surface area contributed by atoms with Gasteiger partial charge in [-0.15, -0.1) is 5.10 Å². The molecule has 1 fully saturated rings. The Morgan fingerprint density at radius 2 is 1.93 bits per heavy atom. The van der Waals surface area contributed by atoms with Gasteiger partial charge in [0.25, 0.3) is 0 Å². The van der Waals surface area contributed by atoms with E-state index >= 15 is 0 Å². The molecule has 5 aromatic rings. The lowest BCUT2D eigenvalue weighted by Crippen LogP contribution is -2.39. The van der Waals surface area contributed by atoms with Gasteiger partial charge in [0.15, 0.2) is 23.0 Å². The Kier molecular flexibility index (Phi) is 7.76. The summed E-state index contributed by atoms with van der Waals surface area (Å²) in [6.07, 6.45) is 1.50. The molecule has 13 heteroatoms. The third kappa shape index (κ3) is 5.84. The molecule has 2 N–H and O–H groups in total. The van der Waals surface area contributed by atoms with E-state index in [0.29, 0.717) is 61.1 Å². The number of benzene rings is 2. The van der Waals surface area contributed by atoms with Gasteiger partial charge in [-0.05, 0) is 57.0 Å². The molecule has 4 heterocycles. The van der Waals surface area contributed by atoms with Gasteiger partial charge in [0.2, 0.25) is 5.95 Å². The third-order valence-corrected chi connectivity index (χ3v) is 7.71. The van der Waals surface area contributed by atoms with E-state index in [-0.39, 0.29) is 5.75 Å². The number of aryl methyl sites for hydroxylation is 2. The molecule has 0 unspecified atom stereocenters. The standard InChI is InChI=1S/C31H37FN8O4/c1-18-11-21(42-5)8-7-20(18)14-33-30-34-24-13-26(43-6)23(32)12-22(24)29-35-28(37-40(29)30)27-16-38(9-10-44-27)25-15-39(36-19(25)2)17-31(3,4)41/h7-8,11-13,15,27,41H,9-10,14,16-17H2,1-6H3,(H,33,34)/t27-/m1/s1. The lowest BCUT2D eigenvalue weighted by Gasteiger charge is -2.32. The summed E-state index contributed by atoms with van der Waals surface area (Å²) in [5.74, 6) is 1.28. The summed E-state index contributed by atoms with van der Waals surface area (Å²) in [7, 11) is 3.06. The molecule has 0 radical (unpaired) electrons. The molecule has 0 bridgehead atoms. The smallest absolute Gasteiger partial charge is 0.226 e. The predicted octanol–water partition coefficient (Wildman–Crippen LogP) is 4.21. The molecule has 232 valence electrons. The van der Waals surface area contributed by atoms with Crippen LogP contribution in [0.25, 0.3) is 16.6 Å². The summed E-state index contributed by atoms with van der Waals surface area (Å²) in [5.41, 5.74) is 4.03. The van der Waals surface area contributed by atoms with Crippen molar-refractivity contribution in [2.24, 2.45) is 0 Å². The van der Waals surface area contributed by atoms with Gasteiger partial charge in [0.05, 0.1) is 56.4 Å². The van der Waals surface area contributed by atoms with Gasteiger partial charge in [-0.3, -0.25) is 4.68 Å². The van der Waals surface area contributed by atoms with E-state index in [9.17, 15) is 9.50 Å². The summed E-state index contributed by atoms with van der Waals surface area (Å²) >= 11 is 0. The van der Waals surface area contributed by atoms with Crippen molar-refractivity contribution >= 4 is 28.2 Å². The van der Waals surface area contributed by atoms with Gasteiger partial charge in [0, 0.05) is 30.7 Å². The number of rotatable bonds is 9. The molecular weight excluding hydrogens is 567 g/mol. The third-order valence-electron chi connectivity index (χ3n) is 7.71. The molecule has 1 aliphatic rings. The molecule has 0 saturated carbocycles. The molecule has 1 atom stereocenters. The Labute approximate surface area is 254 Å². The van der Waals surface area contributed by atoms with Crippen LogP contribution in [0.2, 0.25) is 0 Å². The first kappa shape index (κ1) is 29.6. The second kappa shape index (κ2) is 11.5. The maximum atomic E-state index is 14.9. The SMILES string of the molecule is COc1ccc(CNc2nc3cc(OC)c(F)cc3c3nc([C@H]4CN(c5cn(CC(C)(C)O)nc5C)CCO4)nn23)c(C)c1. The van der Waals surface area contributed by atoms with Crippen molar-refractivity contribution < 1.29 is 23.7 Å². The number of aliphatic hydroxyl groups is 1. The Hall–Kier alpha value is -4.49. The molecule has 1 aliphatic heterocycles. The zero-order valence-electron chi connectivity index (χ0n) is 25.8. The zero-order valence-corrected chi connectivity index (χ0v) is 25.8. The van der Waals surface area contributed by atoms with Crippen LogP contribution >= 0.6 is 0 Å². The summed E-state index contributed by atoms with van der Waals surface area (Å²) in [4.78, 5) is 11.8. The van der Waals surface area contributed by atoms with Crippen LogP contribution in [-0.4, -0.2) is 74.0 Å². The molecule has 6 rings (SSSR count). The number of fused-ring (bicyclic) bond motifs is 3. The van der Waals surface area contributed by atoms with Crippen molar-refractivity contribution in [3.63, 3.8) is 0 Å². The Morgan fingerprint density at radius 1 is 1.11 bits per heavy atom. The first-order chi connectivity index (χ1) is 21.0. The molecule has 44 heavy (non-hydrogen) atoms. The Balaban J connectivity index is 1.35. The van der Waals surface area contributed by atoms with Crippen LogP contribution < -0.4 is 19.7 Å². The molecule has 0 aliphatic carbocycles. The number of hydrogen-bond acceptors (Lipinski definition) is 10. The second-order valence-electron chi connectivity index (χ2n) is 11.7. The highest BCUT2D eigenvalue weighted by molar-refractivity contribution is 5.93. The number of nitrogens with zero attached hydrogens (tertiary/aromatic N) is 7. The molecular formula is C31H37FN8O4. The fourth-order valence-corrected chi connectivity index (χ4v) is 5.52. The summed E-state index contributed by atoms with van der Waals surface area (Å²) in [6, 6.07) is 8.83. The summed E-state index contributed by atoms with van der Waals surface area (Å²) in [5, 5.41) is 23.6. The maximum absolute atomic E-state index is 14.9. The van der Waals surface area contributed by atoms with E-state index in [1.807, 2.05) is 38.2 Å². The molecule has 0 spiro atoms. The van der Waals surface area contributed by atoms with Gasteiger partial charge >= 0.3 is 0 Å². The lowest BCUT2D eigenvalue weighted by atomic mass is 10.1. The number of anilines is 2. The van der Waals surface area contributed by atoms with E-state index in [1.165, 1.54) is 13.2 Å². The quantitative estimate of drug-likeness (QED) is 0.253. The van der Waals surface area contributed by atoms with Crippen molar-refractivity contribution in [2.45, 2.75) is 52.5 Å². The Bertz CT molecular complexity index is 1830. The van der Waals surface area contributed by atoms with Crippen LogP contribution in [-0.2, 0) is 17.8 Å². The van der Waals surface area contributed by atoms with Gasteiger partial charge in [-0.25, -0.2) is 14.4 Å². The number of nitrogens with one attached hydrogen (secondary N) is 1. The molecule has 2 aromatic carbocycles. The molecule has 12 nitrogen and oxygen atoms in total. The first-order valence-corrected chi connectivity index (χ1v) is 14.5. The number of aromatic nitrogens is 6. The minimum Gasteiger partial charge on any atom is -0.497 e. The fraction of sp³-hybridized carbons (Fsp3) is 0.419. The van der Waals surface area contributed by atoms with Crippen molar-refractivity contribution in [3.05, 3.63) is 65.0 Å². The molecule has 0 amide bonds. The van der Waals surface area contributed by atoms with Crippen LogP contribution in [0.5, 0.6) is 11.5 Å². The minimum absolute atomic E-state index is 0.0952. The van der Waals surface area contributed by atoms with Crippen LogP contribution in [0, 0.1) is 19.7 Å². The van der Waals surface area contributed by atoms with Gasteiger partial charge in [-0.2, -0.15) is 9.61 Å². The van der Waals surface area contributed by atoms with Crippen molar-refractivity contribution in [3.8, 4) is 11.5 Å². The van der Waals surface area contributed by atoms with E-state index in [0.717, 1.165) is 28.3 Å². The number of morpholine rings is 1.